The Labute approximate surface area is 163 Å². The molecule has 0 aliphatic carbocycles. The van der Waals surface area contributed by atoms with Crippen LogP contribution in [-0.4, -0.2) is 10.7 Å². The van der Waals surface area contributed by atoms with Gasteiger partial charge in [-0.2, -0.15) is 18.1 Å². The summed E-state index contributed by atoms with van der Waals surface area (Å²) in [7, 11) is 1.57. The third kappa shape index (κ3) is 6.61. The molecule has 0 fully saturated rings. The van der Waals surface area contributed by atoms with Gasteiger partial charge in [-0.05, 0) is 54.5 Å². The summed E-state index contributed by atoms with van der Waals surface area (Å²) in [5.41, 5.74) is 1.22. The Morgan fingerprint density at radius 3 is 2.30 bits per heavy atom. The maximum absolute atomic E-state index is 12.5. The lowest BCUT2D eigenvalue weighted by atomic mass is 9.86. The minimum atomic E-state index is -4.20. The number of nitroso groups, excluding NO2 is 1. The first-order valence-electron chi connectivity index (χ1n) is 8.51. The Kier molecular flexibility index (Phi) is 7.35. The third-order valence-corrected chi connectivity index (χ3v) is 5.01. The first kappa shape index (κ1) is 21.3. The second-order valence-electron chi connectivity index (χ2n) is 6.52. The summed E-state index contributed by atoms with van der Waals surface area (Å²) in [4.78, 5) is 23.0. The number of rotatable bonds is 8. The Balaban J connectivity index is 2.22. The monoisotopic (exact) mass is 444 g/mol. The van der Waals surface area contributed by atoms with E-state index >= 15 is 0 Å². The van der Waals surface area contributed by atoms with E-state index in [-0.39, 0.29) is 24.3 Å². The predicted octanol–water partition coefficient (Wildman–Crippen LogP) is 5.86. The van der Waals surface area contributed by atoms with E-state index in [1.54, 1.807) is 19.3 Å². The van der Waals surface area contributed by atoms with E-state index in [0.717, 1.165) is 10.0 Å². The van der Waals surface area contributed by atoms with Gasteiger partial charge in [0.25, 0.3) is 0 Å². The summed E-state index contributed by atoms with van der Waals surface area (Å²) in [6.45, 7) is 0. The Morgan fingerprint density at radius 1 is 1.11 bits per heavy atom. The van der Waals surface area contributed by atoms with E-state index in [4.69, 9.17) is 0 Å². The van der Waals surface area contributed by atoms with Crippen molar-refractivity contribution >= 4 is 15.9 Å². The highest BCUT2D eigenvalue weighted by Crippen LogP contribution is 2.36. The summed E-state index contributed by atoms with van der Waals surface area (Å²) in [5, 5.41) is 3.17. The predicted molar refractivity (Wildman–Crippen MR) is 102 cm³/mol. The number of alkyl halides is 3. The first-order valence-corrected chi connectivity index (χ1v) is 9.30. The second-order valence-corrected chi connectivity index (χ2v) is 7.44. The van der Waals surface area contributed by atoms with Gasteiger partial charge < -0.3 is 4.57 Å². The number of nitrogens with zero attached hydrogens (tertiary/aromatic N) is 2. The SMILES string of the molecule is Cn1cc(C(CC(CCCC(F)(F)F)c2ccc(Br)cc2)N=O)ccc1=O. The minimum Gasteiger partial charge on any atom is -0.318 e. The van der Waals surface area contributed by atoms with Gasteiger partial charge in [0, 0.05) is 30.2 Å². The smallest absolute Gasteiger partial charge is 0.318 e. The molecule has 0 N–H and O–H groups in total. The van der Waals surface area contributed by atoms with Gasteiger partial charge in [0.15, 0.2) is 0 Å². The zero-order chi connectivity index (χ0) is 20.0. The van der Waals surface area contributed by atoms with Crippen LogP contribution in [0, 0.1) is 4.91 Å². The molecule has 0 saturated carbocycles. The Morgan fingerprint density at radius 2 is 1.74 bits per heavy atom. The fourth-order valence-electron chi connectivity index (χ4n) is 3.03. The van der Waals surface area contributed by atoms with Gasteiger partial charge in [-0.1, -0.05) is 33.2 Å². The van der Waals surface area contributed by atoms with Crippen molar-refractivity contribution in [3.8, 4) is 0 Å². The normalized spacial score (nSPS) is 14.0. The number of pyridine rings is 1. The molecule has 0 bridgehead atoms. The Hall–Kier alpha value is -1.96. The van der Waals surface area contributed by atoms with E-state index in [1.807, 2.05) is 24.3 Å². The van der Waals surface area contributed by atoms with Crippen molar-refractivity contribution in [3.05, 3.63) is 73.5 Å². The molecule has 0 aliphatic rings. The molecule has 0 amide bonds. The first-order chi connectivity index (χ1) is 12.7. The van der Waals surface area contributed by atoms with Crippen LogP contribution in [0.1, 0.15) is 48.8 Å². The van der Waals surface area contributed by atoms with Crippen LogP contribution >= 0.6 is 15.9 Å². The zero-order valence-electron chi connectivity index (χ0n) is 14.7. The van der Waals surface area contributed by atoms with Crippen LogP contribution < -0.4 is 5.56 Å². The second kappa shape index (κ2) is 9.30. The van der Waals surface area contributed by atoms with Crippen molar-refractivity contribution in [2.45, 2.75) is 43.8 Å². The molecule has 2 aromatic rings. The summed E-state index contributed by atoms with van der Waals surface area (Å²) < 4.78 is 39.8. The zero-order valence-corrected chi connectivity index (χ0v) is 16.3. The molecule has 1 aromatic heterocycles. The molecule has 27 heavy (non-hydrogen) atoms. The fraction of sp³-hybridized carbons (Fsp3) is 0.421. The molecule has 1 heterocycles. The average Bonchev–Trinajstić information content (AvgIpc) is 2.60. The van der Waals surface area contributed by atoms with E-state index in [1.165, 1.54) is 10.6 Å². The number of hydrogen-bond acceptors (Lipinski definition) is 3. The van der Waals surface area contributed by atoms with Crippen molar-refractivity contribution < 1.29 is 13.2 Å². The van der Waals surface area contributed by atoms with Gasteiger partial charge in [0.2, 0.25) is 5.56 Å². The highest BCUT2D eigenvalue weighted by Gasteiger charge is 2.28. The quantitative estimate of drug-likeness (QED) is 0.478. The molecule has 0 spiro atoms. The maximum atomic E-state index is 12.5. The number of aryl methyl sites for hydroxylation is 1. The van der Waals surface area contributed by atoms with Crippen LogP contribution in [0.25, 0.3) is 0 Å². The number of aromatic nitrogens is 1. The average molecular weight is 445 g/mol. The molecule has 1 aromatic carbocycles. The number of halogens is 4. The molecule has 2 atom stereocenters. The highest BCUT2D eigenvalue weighted by molar-refractivity contribution is 9.10. The van der Waals surface area contributed by atoms with Crippen molar-refractivity contribution in [1.82, 2.24) is 4.57 Å². The van der Waals surface area contributed by atoms with Crippen molar-refractivity contribution in [3.63, 3.8) is 0 Å². The molecule has 0 saturated heterocycles. The van der Waals surface area contributed by atoms with E-state index in [2.05, 4.69) is 21.1 Å². The molecule has 0 aliphatic heterocycles. The van der Waals surface area contributed by atoms with E-state index in [0.29, 0.717) is 12.0 Å². The highest BCUT2D eigenvalue weighted by atomic mass is 79.9. The van der Waals surface area contributed by atoms with Crippen molar-refractivity contribution in [1.29, 1.82) is 0 Å². The largest absolute Gasteiger partial charge is 0.389 e. The van der Waals surface area contributed by atoms with Crippen LogP contribution in [0.4, 0.5) is 13.2 Å². The summed E-state index contributed by atoms with van der Waals surface area (Å²) in [5.74, 6) is -0.250. The maximum Gasteiger partial charge on any atom is 0.389 e. The molecular formula is C19H20BrF3N2O2. The molecule has 0 radical (unpaired) electrons. The summed E-state index contributed by atoms with van der Waals surface area (Å²) >= 11 is 3.34. The van der Waals surface area contributed by atoms with Crippen molar-refractivity contribution in [2.75, 3.05) is 0 Å². The van der Waals surface area contributed by atoms with Crippen LogP contribution in [0.3, 0.4) is 0 Å². The van der Waals surface area contributed by atoms with Gasteiger partial charge in [-0.15, -0.1) is 0 Å². The van der Waals surface area contributed by atoms with Gasteiger partial charge in [-0.25, -0.2) is 0 Å². The van der Waals surface area contributed by atoms with Crippen LogP contribution in [0.5, 0.6) is 0 Å². The van der Waals surface area contributed by atoms with Gasteiger partial charge >= 0.3 is 6.18 Å². The van der Waals surface area contributed by atoms with E-state index < -0.39 is 18.6 Å². The lowest BCUT2D eigenvalue weighted by molar-refractivity contribution is -0.135. The minimum absolute atomic E-state index is 0.0247. The summed E-state index contributed by atoms with van der Waals surface area (Å²) in [6.07, 6.45) is -2.98. The summed E-state index contributed by atoms with van der Waals surface area (Å²) in [6, 6.07) is 9.48. The third-order valence-electron chi connectivity index (χ3n) is 4.48. The molecule has 4 nitrogen and oxygen atoms in total. The standard InChI is InChI=1S/C19H20BrF3N2O2/c1-25-12-15(6-9-18(25)26)17(24-27)11-14(3-2-10-19(21,22)23)13-4-7-16(20)8-5-13/h4-9,12,14,17H,2-3,10-11H2,1H3. The van der Waals surface area contributed by atoms with Crippen LogP contribution in [0.2, 0.25) is 0 Å². The molecule has 2 rings (SSSR count). The molecule has 146 valence electrons. The topological polar surface area (TPSA) is 51.4 Å². The fourth-order valence-corrected chi connectivity index (χ4v) is 3.29. The molecule has 8 heteroatoms. The number of benzene rings is 1. The number of hydrogen-bond donors (Lipinski definition) is 0. The lowest BCUT2D eigenvalue weighted by Crippen LogP contribution is -2.16. The van der Waals surface area contributed by atoms with Crippen LogP contribution in [0.15, 0.2) is 57.0 Å². The van der Waals surface area contributed by atoms with Crippen molar-refractivity contribution in [2.24, 2.45) is 12.2 Å². The molecular weight excluding hydrogens is 425 g/mol. The van der Waals surface area contributed by atoms with Gasteiger partial charge in [0.05, 0.1) is 0 Å². The lowest BCUT2D eigenvalue weighted by Gasteiger charge is -2.21. The Bertz CT molecular complexity index is 819. The van der Waals surface area contributed by atoms with E-state index in [9.17, 15) is 22.9 Å². The van der Waals surface area contributed by atoms with Gasteiger partial charge in [-0.3, -0.25) is 4.79 Å². The molecule has 2 unspecified atom stereocenters. The van der Waals surface area contributed by atoms with Crippen LogP contribution in [-0.2, 0) is 7.05 Å². The van der Waals surface area contributed by atoms with Gasteiger partial charge in [0.1, 0.15) is 6.04 Å².